The highest BCUT2D eigenvalue weighted by molar-refractivity contribution is 6.09. The summed E-state index contributed by atoms with van der Waals surface area (Å²) in [5, 5.41) is 5.35. The first-order valence-corrected chi connectivity index (χ1v) is 10.1. The first kappa shape index (κ1) is 22.9. The molecular weight excluding hydrogens is 414 g/mol. The zero-order valence-electron chi connectivity index (χ0n) is 18.6. The lowest BCUT2D eigenvalue weighted by Crippen LogP contribution is -2.43. The molecule has 1 aliphatic rings. The Morgan fingerprint density at radius 1 is 1.06 bits per heavy atom. The van der Waals surface area contributed by atoms with Gasteiger partial charge in [0.15, 0.2) is 0 Å². The van der Waals surface area contributed by atoms with Crippen LogP contribution in [0.5, 0.6) is 17.2 Å². The number of ether oxygens (including phenoxy) is 3. The molecular formula is C23H27N3O6. The van der Waals surface area contributed by atoms with Crippen LogP contribution < -0.4 is 24.8 Å². The molecule has 1 saturated heterocycles. The maximum Gasteiger partial charge on any atom is 0.325 e. The van der Waals surface area contributed by atoms with Crippen LogP contribution in [-0.2, 0) is 15.1 Å². The Balaban J connectivity index is 1.54. The van der Waals surface area contributed by atoms with Gasteiger partial charge in [0.1, 0.15) is 35.9 Å². The molecule has 1 atom stereocenters. The lowest BCUT2D eigenvalue weighted by molar-refractivity contribution is -0.134. The van der Waals surface area contributed by atoms with Gasteiger partial charge in [0.05, 0.1) is 20.8 Å². The van der Waals surface area contributed by atoms with Gasteiger partial charge in [-0.15, -0.1) is 0 Å². The summed E-state index contributed by atoms with van der Waals surface area (Å²) >= 11 is 0. The quantitative estimate of drug-likeness (QED) is 0.455. The lowest BCUT2D eigenvalue weighted by atomic mass is 9.90. The summed E-state index contributed by atoms with van der Waals surface area (Å²) in [4.78, 5) is 38.7. The molecule has 0 spiro atoms. The van der Waals surface area contributed by atoms with E-state index in [-0.39, 0.29) is 19.7 Å². The zero-order valence-corrected chi connectivity index (χ0v) is 18.6. The van der Waals surface area contributed by atoms with Gasteiger partial charge >= 0.3 is 6.03 Å². The molecule has 1 aliphatic heterocycles. The van der Waals surface area contributed by atoms with E-state index in [9.17, 15) is 14.4 Å². The number of nitrogens with zero attached hydrogens (tertiary/aromatic N) is 1. The minimum Gasteiger partial charge on any atom is -0.497 e. The highest BCUT2D eigenvalue weighted by Crippen LogP contribution is 2.31. The normalized spacial score (nSPS) is 17.7. The van der Waals surface area contributed by atoms with Gasteiger partial charge < -0.3 is 24.8 Å². The van der Waals surface area contributed by atoms with E-state index < -0.39 is 23.4 Å². The molecule has 9 nitrogen and oxygen atoms in total. The van der Waals surface area contributed by atoms with E-state index in [0.29, 0.717) is 17.1 Å². The lowest BCUT2D eigenvalue weighted by Gasteiger charge is -2.23. The highest BCUT2D eigenvalue weighted by atomic mass is 16.5. The predicted molar refractivity (Wildman–Crippen MR) is 117 cm³/mol. The van der Waals surface area contributed by atoms with Crippen LogP contribution in [0.2, 0.25) is 0 Å². The largest absolute Gasteiger partial charge is 0.497 e. The van der Waals surface area contributed by atoms with Crippen molar-refractivity contribution in [1.29, 1.82) is 0 Å². The Bertz CT molecular complexity index is 1010. The average molecular weight is 441 g/mol. The molecule has 2 N–H and O–H groups in total. The zero-order chi connectivity index (χ0) is 23.3. The van der Waals surface area contributed by atoms with Gasteiger partial charge in [0, 0.05) is 0 Å². The summed E-state index contributed by atoms with van der Waals surface area (Å²) in [6.07, 6.45) is 0. The Kier molecular flexibility index (Phi) is 6.87. The van der Waals surface area contributed by atoms with Crippen molar-refractivity contribution in [3.63, 3.8) is 0 Å². The summed E-state index contributed by atoms with van der Waals surface area (Å²) in [6, 6.07) is 11.7. The van der Waals surface area contributed by atoms with Crippen LogP contribution in [-0.4, -0.2) is 56.7 Å². The fraction of sp³-hybridized carbons (Fsp3) is 0.348. The van der Waals surface area contributed by atoms with E-state index in [0.717, 1.165) is 16.2 Å². The van der Waals surface area contributed by atoms with Crippen molar-refractivity contribution in [3.05, 3.63) is 53.6 Å². The molecule has 0 bridgehead atoms. The molecule has 2 aromatic carbocycles. The number of nitrogens with one attached hydrogen (secondary N) is 2. The molecule has 32 heavy (non-hydrogen) atoms. The van der Waals surface area contributed by atoms with Crippen LogP contribution in [0.4, 0.5) is 4.79 Å². The van der Waals surface area contributed by atoms with Gasteiger partial charge in [-0.05, 0) is 61.4 Å². The summed E-state index contributed by atoms with van der Waals surface area (Å²) in [7, 11) is 3.14. The summed E-state index contributed by atoms with van der Waals surface area (Å²) in [5.74, 6) is 1.09. The SMILES string of the molecule is COc1ccc(OCCNC(=O)CN2C(=O)NC(C)(c3ccc(OC)c(C)c3)C2=O)cc1. The molecule has 3 rings (SSSR count). The van der Waals surface area contributed by atoms with Gasteiger partial charge in [0.25, 0.3) is 5.91 Å². The van der Waals surface area contributed by atoms with E-state index in [4.69, 9.17) is 14.2 Å². The Hall–Kier alpha value is -3.75. The molecule has 1 heterocycles. The molecule has 0 aliphatic carbocycles. The number of benzene rings is 2. The van der Waals surface area contributed by atoms with Crippen LogP contribution >= 0.6 is 0 Å². The van der Waals surface area contributed by atoms with E-state index in [2.05, 4.69) is 10.6 Å². The topological polar surface area (TPSA) is 106 Å². The molecule has 0 saturated carbocycles. The first-order valence-electron chi connectivity index (χ1n) is 10.1. The molecule has 4 amide bonds. The third kappa shape index (κ3) is 4.77. The second-order valence-corrected chi connectivity index (χ2v) is 7.50. The number of imide groups is 1. The van der Waals surface area contributed by atoms with Crippen LogP contribution in [0.25, 0.3) is 0 Å². The number of amides is 4. The van der Waals surface area contributed by atoms with Crippen LogP contribution in [0, 0.1) is 6.92 Å². The van der Waals surface area contributed by atoms with E-state index in [1.165, 1.54) is 0 Å². The molecule has 2 aromatic rings. The maximum atomic E-state index is 13.0. The van der Waals surface area contributed by atoms with Crippen molar-refractivity contribution >= 4 is 17.8 Å². The number of urea groups is 1. The predicted octanol–water partition coefficient (Wildman–Crippen LogP) is 1.97. The molecule has 1 fully saturated rings. The number of carbonyl (C=O) groups is 3. The molecule has 1 unspecified atom stereocenters. The summed E-state index contributed by atoms with van der Waals surface area (Å²) in [5.41, 5.74) is 0.192. The smallest absolute Gasteiger partial charge is 0.325 e. The second-order valence-electron chi connectivity index (χ2n) is 7.50. The maximum absolute atomic E-state index is 13.0. The monoisotopic (exact) mass is 441 g/mol. The van der Waals surface area contributed by atoms with Gasteiger partial charge in [-0.1, -0.05) is 6.07 Å². The number of carbonyl (C=O) groups excluding carboxylic acids is 3. The minimum absolute atomic E-state index is 0.226. The molecule has 9 heteroatoms. The highest BCUT2D eigenvalue weighted by Gasteiger charge is 2.49. The Morgan fingerprint density at radius 3 is 2.38 bits per heavy atom. The Labute approximate surface area is 186 Å². The van der Waals surface area contributed by atoms with Gasteiger partial charge in [-0.25, -0.2) is 4.79 Å². The van der Waals surface area contributed by atoms with Crippen molar-refractivity contribution in [3.8, 4) is 17.2 Å². The average Bonchev–Trinajstić information content (AvgIpc) is 3.01. The van der Waals surface area contributed by atoms with E-state index >= 15 is 0 Å². The Morgan fingerprint density at radius 2 is 1.75 bits per heavy atom. The van der Waals surface area contributed by atoms with Crippen molar-refractivity contribution < 1.29 is 28.6 Å². The molecule has 0 aromatic heterocycles. The number of hydrogen-bond acceptors (Lipinski definition) is 6. The number of rotatable bonds is 9. The number of aryl methyl sites for hydroxylation is 1. The summed E-state index contributed by atoms with van der Waals surface area (Å²) < 4.78 is 15.9. The number of methoxy groups -OCH3 is 2. The van der Waals surface area contributed by atoms with Crippen LogP contribution in [0.3, 0.4) is 0 Å². The second kappa shape index (κ2) is 9.59. The van der Waals surface area contributed by atoms with Crippen molar-refractivity contribution in [1.82, 2.24) is 15.5 Å². The number of hydrogen-bond donors (Lipinski definition) is 2. The fourth-order valence-corrected chi connectivity index (χ4v) is 3.46. The fourth-order valence-electron chi connectivity index (χ4n) is 3.46. The summed E-state index contributed by atoms with van der Waals surface area (Å²) in [6.45, 7) is 3.56. The van der Waals surface area contributed by atoms with E-state index in [1.54, 1.807) is 63.6 Å². The third-order valence-electron chi connectivity index (χ3n) is 5.30. The third-order valence-corrected chi connectivity index (χ3v) is 5.30. The van der Waals surface area contributed by atoms with Crippen molar-refractivity contribution in [2.75, 3.05) is 33.9 Å². The van der Waals surface area contributed by atoms with E-state index in [1.807, 2.05) is 6.92 Å². The van der Waals surface area contributed by atoms with Gasteiger partial charge in [-0.2, -0.15) is 0 Å². The van der Waals surface area contributed by atoms with Crippen molar-refractivity contribution in [2.45, 2.75) is 19.4 Å². The van der Waals surface area contributed by atoms with Gasteiger partial charge in [-0.3, -0.25) is 14.5 Å². The standard InChI is InChI=1S/C23H27N3O6/c1-15-13-16(5-10-19(15)31-4)23(2)21(28)26(22(29)25-23)14-20(27)24-11-12-32-18-8-6-17(30-3)7-9-18/h5-10,13H,11-12,14H2,1-4H3,(H,24,27)(H,25,29). The molecule has 0 radical (unpaired) electrons. The first-order chi connectivity index (χ1) is 15.3. The van der Waals surface area contributed by atoms with Crippen molar-refractivity contribution in [2.24, 2.45) is 0 Å². The van der Waals surface area contributed by atoms with Crippen LogP contribution in [0.1, 0.15) is 18.1 Å². The minimum atomic E-state index is -1.26. The molecule has 170 valence electrons. The van der Waals surface area contributed by atoms with Gasteiger partial charge in [0.2, 0.25) is 5.91 Å². The van der Waals surface area contributed by atoms with Crippen LogP contribution in [0.15, 0.2) is 42.5 Å².